The lowest BCUT2D eigenvalue weighted by atomic mass is 10.1. The van der Waals surface area contributed by atoms with Gasteiger partial charge in [-0.1, -0.05) is 60.7 Å². The van der Waals surface area contributed by atoms with E-state index >= 15 is 0 Å². The lowest BCUT2D eigenvalue weighted by molar-refractivity contribution is 0.107. The SMILES string of the molecule is Cc1cc(C(=O)Cl)c(OCc2ccccc2)cc1OCc1ccccc1. The zero-order valence-electron chi connectivity index (χ0n) is 14.4. The first kappa shape index (κ1) is 18.0. The molecule has 3 aromatic carbocycles. The van der Waals surface area contributed by atoms with Gasteiger partial charge in [0.15, 0.2) is 0 Å². The molecule has 4 heteroatoms. The predicted octanol–water partition coefficient (Wildman–Crippen LogP) is 5.53. The molecule has 0 radical (unpaired) electrons. The summed E-state index contributed by atoms with van der Waals surface area (Å²) in [4.78, 5) is 11.8. The number of carbonyl (C=O) groups is 1. The van der Waals surface area contributed by atoms with Crippen LogP contribution in [0.5, 0.6) is 11.5 Å². The fraction of sp³-hybridized carbons (Fsp3) is 0.136. The van der Waals surface area contributed by atoms with Gasteiger partial charge in [-0.2, -0.15) is 0 Å². The van der Waals surface area contributed by atoms with Gasteiger partial charge in [0, 0.05) is 6.07 Å². The van der Waals surface area contributed by atoms with Gasteiger partial charge in [0.05, 0.1) is 5.56 Å². The van der Waals surface area contributed by atoms with E-state index in [9.17, 15) is 4.79 Å². The van der Waals surface area contributed by atoms with Gasteiger partial charge in [0.2, 0.25) is 0 Å². The second kappa shape index (κ2) is 8.54. The molecule has 0 N–H and O–H groups in total. The summed E-state index contributed by atoms with van der Waals surface area (Å²) < 4.78 is 11.8. The molecular formula is C22H19ClO3. The number of carbonyl (C=O) groups excluding carboxylic acids is 1. The maximum atomic E-state index is 11.8. The predicted molar refractivity (Wildman–Crippen MR) is 103 cm³/mol. The fourth-order valence-electron chi connectivity index (χ4n) is 2.57. The van der Waals surface area contributed by atoms with Gasteiger partial charge >= 0.3 is 0 Å². The van der Waals surface area contributed by atoms with Crippen molar-refractivity contribution in [3.8, 4) is 11.5 Å². The molecule has 132 valence electrons. The summed E-state index contributed by atoms with van der Waals surface area (Å²) in [7, 11) is 0. The van der Waals surface area contributed by atoms with Crippen LogP contribution in [0.3, 0.4) is 0 Å². The van der Waals surface area contributed by atoms with Crippen LogP contribution in [0, 0.1) is 6.92 Å². The zero-order valence-corrected chi connectivity index (χ0v) is 15.2. The summed E-state index contributed by atoms with van der Waals surface area (Å²) in [5.41, 5.74) is 3.24. The molecule has 3 aromatic rings. The minimum Gasteiger partial charge on any atom is -0.488 e. The molecule has 0 aromatic heterocycles. The molecule has 0 spiro atoms. The van der Waals surface area contributed by atoms with E-state index < -0.39 is 5.24 Å². The molecule has 0 aliphatic heterocycles. The van der Waals surface area contributed by atoms with Crippen molar-refractivity contribution < 1.29 is 14.3 Å². The first-order valence-electron chi connectivity index (χ1n) is 8.31. The number of aryl methyl sites for hydroxylation is 1. The van der Waals surface area contributed by atoms with Gasteiger partial charge in [-0.25, -0.2) is 0 Å². The second-order valence-electron chi connectivity index (χ2n) is 5.94. The lowest BCUT2D eigenvalue weighted by Crippen LogP contribution is -2.03. The quantitative estimate of drug-likeness (QED) is 0.515. The molecule has 0 saturated heterocycles. The van der Waals surface area contributed by atoms with E-state index in [2.05, 4.69) is 0 Å². The maximum absolute atomic E-state index is 11.8. The summed E-state index contributed by atoms with van der Waals surface area (Å²) in [6, 6.07) is 23.1. The Morgan fingerprint density at radius 2 is 1.31 bits per heavy atom. The molecule has 0 atom stereocenters. The third-order valence-electron chi connectivity index (χ3n) is 3.96. The highest BCUT2D eigenvalue weighted by Gasteiger charge is 2.15. The molecule has 3 nitrogen and oxygen atoms in total. The Morgan fingerprint density at radius 1 is 0.808 bits per heavy atom. The van der Waals surface area contributed by atoms with Crippen molar-refractivity contribution in [1.82, 2.24) is 0 Å². The van der Waals surface area contributed by atoms with Crippen molar-refractivity contribution in [3.63, 3.8) is 0 Å². The molecule has 0 amide bonds. The number of benzene rings is 3. The van der Waals surface area contributed by atoms with Crippen LogP contribution in [0.2, 0.25) is 0 Å². The van der Waals surface area contributed by atoms with Crippen LogP contribution >= 0.6 is 11.6 Å². The average molecular weight is 367 g/mol. The van der Waals surface area contributed by atoms with Crippen molar-refractivity contribution >= 4 is 16.8 Å². The molecule has 0 aliphatic rings. The molecule has 0 bridgehead atoms. The van der Waals surface area contributed by atoms with Crippen LogP contribution in [0.1, 0.15) is 27.0 Å². The largest absolute Gasteiger partial charge is 0.488 e. The third kappa shape index (κ3) is 4.64. The number of rotatable bonds is 7. The molecule has 3 rings (SSSR count). The van der Waals surface area contributed by atoms with E-state index in [4.69, 9.17) is 21.1 Å². The van der Waals surface area contributed by atoms with E-state index in [1.54, 1.807) is 12.1 Å². The van der Waals surface area contributed by atoms with Crippen LogP contribution in [-0.2, 0) is 13.2 Å². The minimum atomic E-state index is -0.550. The first-order chi connectivity index (χ1) is 12.6. The normalized spacial score (nSPS) is 10.4. The average Bonchev–Trinajstić information content (AvgIpc) is 2.67. The van der Waals surface area contributed by atoms with Gasteiger partial charge in [-0.15, -0.1) is 0 Å². The van der Waals surface area contributed by atoms with Crippen molar-refractivity contribution in [1.29, 1.82) is 0 Å². The van der Waals surface area contributed by atoms with Gasteiger partial charge in [-0.05, 0) is 41.3 Å². The van der Waals surface area contributed by atoms with Gasteiger partial charge in [0.25, 0.3) is 5.24 Å². The van der Waals surface area contributed by atoms with Crippen LogP contribution in [0.15, 0.2) is 72.8 Å². The van der Waals surface area contributed by atoms with Gasteiger partial charge < -0.3 is 9.47 Å². The van der Waals surface area contributed by atoms with Crippen molar-refractivity contribution in [2.24, 2.45) is 0 Å². The van der Waals surface area contributed by atoms with Gasteiger partial charge in [-0.3, -0.25) is 4.79 Å². The monoisotopic (exact) mass is 366 g/mol. The summed E-state index contributed by atoms with van der Waals surface area (Å²) >= 11 is 5.73. The van der Waals surface area contributed by atoms with E-state index in [0.29, 0.717) is 30.3 Å². The van der Waals surface area contributed by atoms with Crippen LogP contribution in [0.25, 0.3) is 0 Å². The summed E-state index contributed by atoms with van der Waals surface area (Å²) in [5, 5.41) is -0.550. The molecule has 0 fully saturated rings. The number of hydrogen-bond donors (Lipinski definition) is 0. The molecular weight excluding hydrogens is 348 g/mol. The highest BCUT2D eigenvalue weighted by atomic mass is 35.5. The number of hydrogen-bond acceptors (Lipinski definition) is 3. The molecule has 0 heterocycles. The van der Waals surface area contributed by atoms with Crippen molar-refractivity contribution in [2.75, 3.05) is 0 Å². The smallest absolute Gasteiger partial charge is 0.256 e. The Kier molecular flexibility index (Phi) is 5.92. The van der Waals surface area contributed by atoms with Crippen LogP contribution < -0.4 is 9.47 Å². The zero-order chi connectivity index (χ0) is 18.4. The summed E-state index contributed by atoms with van der Waals surface area (Å²) in [6.07, 6.45) is 0. The maximum Gasteiger partial charge on any atom is 0.256 e. The Morgan fingerprint density at radius 3 is 1.81 bits per heavy atom. The molecule has 0 unspecified atom stereocenters. The topological polar surface area (TPSA) is 35.5 Å². The van der Waals surface area contributed by atoms with E-state index in [1.165, 1.54) is 0 Å². The minimum absolute atomic E-state index is 0.340. The van der Waals surface area contributed by atoms with Crippen molar-refractivity contribution in [2.45, 2.75) is 20.1 Å². The highest BCUT2D eigenvalue weighted by Crippen LogP contribution is 2.31. The van der Waals surface area contributed by atoms with Crippen molar-refractivity contribution in [3.05, 3.63) is 95.1 Å². The van der Waals surface area contributed by atoms with Crippen LogP contribution in [0.4, 0.5) is 0 Å². The molecule has 0 aliphatic carbocycles. The Balaban J connectivity index is 1.80. The Hall–Kier alpha value is -2.78. The highest BCUT2D eigenvalue weighted by molar-refractivity contribution is 6.68. The standard InChI is InChI=1S/C22H19ClO3/c1-16-12-19(22(23)24)21(26-15-18-10-6-3-7-11-18)13-20(16)25-14-17-8-4-2-5-9-17/h2-13H,14-15H2,1H3. The first-order valence-corrected chi connectivity index (χ1v) is 8.69. The van der Waals surface area contributed by atoms with Gasteiger partial charge in [0.1, 0.15) is 24.7 Å². The number of halogens is 1. The lowest BCUT2D eigenvalue weighted by Gasteiger charge is -2.15. The number of ether oxygens (including phenoxy) is 2. The Labute approximate surface area is 158 Å². The fourth-order valence-corrected chi connectivity index (χ4v) is 2.72. The summed E-state index contributed by atoms with van der Waals surface area (Å²) in [5.74, 6) is 1.08. The third-order valence-corrected chi connectivity index (χ3v) is 4.17. The van der Waals surface area contributed by atoms with E-state index in [-0.39, 0.29) is 0 Å². The van der Waals surface area contributed by atoms with Crippen LogP contribution in [-0.4, -0.2) is 5.24 Å². The second-order valence-corrected chi connectivity index (χ2v) is 6.28. The Bertz CT molecular complexity index is 877. The van der Waals surface area contributed by atoms with E-state index in [0.717, 1.165) is 16.7 Å². The summed E-state index contributed by atoms with van der Waals surface area (Å²) in [6.45, 7) is 2.66. The molecule has 0 saturated carbocycles. The van der Waals surface area contributed by atoms with E-state index in [1.807, 2.05) is 67.6 Å². The molecule has 26 heavy (non-hydrogen) atoms.